The highest BCUT2D eigenvalue weighted by Crippen LogP contribution is 2.20. The topological polar surface area (TPSA) is 52.7 Å². The summed E-state index contributed by atoms with van der Waals surface area (Å²) in [5, 5.41) is 2.58. The number of thiocarbonyl (C=S) groups is 1. The van der Waals surface area contributed by atoms with E-state index < -0.39 is 5.82 Å². The van der Waals surface area contributed by atoms with Crippen LogP contribution in [-0.2, 0) is 9.59 Å². The van der Waals surface area contributed by atoms with Gasteiger partial charge in [-0.15, -0.1) is 0 Å². The molecule has 142 valence electrons. The molecule has 0 unspecified atom stereocenters. The maximum atomic E-state index is 13.1. The van der Waals surface area contributed by atoms with E-state index in [1.54, 1.807) is 13.1 Å². The molecule has 0 aromatic heterocycles. The predicted molar refractivity (Wildman–Crippen MR) is 108 cm³/mol. The van der Waals surface area contributed by atoms with Gasteiger partial charge in [0.25, 0.3) is 0 Å². The molecule has 1 aromatic rings. The number of benzene rings is 1. The third-order valence-electron chi connectivity index (χ3n) is 4.15. The highest BCUT2D eigenvalue weighted by Gasteiger charge is 2.20. The molecule has 0 aliphatic carbocycles. The van der Waals surface area contributed by atoms with Gasteiger partial charge in [0.1, 0.15) is 10.1 Å². The van der Waals surface area contributed by atoms with Crippen LogP contribution in [-0.4, -0.2) is 58.4 Å². The number of carbonyl (C=O) groups is 2. The third-order valence-corrected chi connectivity index (χ3v) is 5.66. The minimum Gasteiger partial charge on any atom is -0.357 e. The van der Waals surface area contributed by atoms with E-state index in [9.17, 15) is 14.0 Å². The van der Waals surface area contributed by atoms with Crippen molar-refractivity contribution in [2.45, 2.75) is 19.8 Å². The molecule has 2 amide bonds. The quantitative estimate of drug-likeness (QED) is 0.774. The predicted octanol–water partition coefficient (Wildman–Crippen LogP) is 2.97. The first-order valence-electron chi connectivity index (χ1n) is 8.56. The number of halogens is 1. The van der Waals surface area contributed by atoms with Crippen molar-refractivity contribution in [3.05, 3.63) is 30.1 Å². The molecule has 1 heterocycles. The fraction of sp³-hybridized carbons (Fsp3) is 0.500. The summed E-state index contributed by atoms with van der Waals surface area (Å²) < 4.78 is 13.9. The summed E-state index contributed by atoms with van der Waals surface area (Å²) in [5.74, 6) is -0.148. The van der Waals surface area contributed by atoms with E-state index >= 15 is 0 Å². The van der Waals surface area contributed by atoms with Crippen molar-refractivity contribution in [1.29, 1.82) is 0 Å². The lowest BCUT2D eigenvalue weighted by atomic mass is 10.0. The van der Waals surface area contributed by atoms with Crippen LogP contribution in [0.5, 0.6) is 0 Å². The highest BCUT2D eigenvalue weighted by molar-refractivity contribution is 8.23. The number of anilines is 1. The van der Waals surface area contributed by atoms with E-state index in [4.69, 9.17) is 12.2 Å². The summed E-state index contributed by atoms with van der Waals surface area (Å²) in [4.78, 5) is 27.7. The monoisotopic (exact) mass is 397 g/mol. The van der Waals surface area contributed by atoms with Crippen molar-refractivity contribution in [1.82, 2.24) is 9.80 Å². The van der Waals surface area contributed by atoms with E-state index in [0.29, 0.717) is 11.6 Å². The zero-order valence-electron chi connectivity index (χ0n) is 15.0. The second-order valence-electron chi connectivity index (χ2n) is 6.56. The van der Waals surface area contributed by atoms with Gasteiger partial charge in [-0.1, -0.05) is 37.0 Å². The first-order valence-corrected chi connectivity index (χ1v) is 9.95. The van der Waals surface area contributed by atoms with Crippen molar-refractivity contribution in [3.63, 3.8) is 0 Å². The van der Waals surface area contributed by atoms with Crippen molar-refractivity contribution < 1.29 is 14.0 Å². The van der Waals surface area contributed by atoms with E-state index in [-0.39, 0.29) is 24.1 Å². The zero-order valence-corrected chi connectivity index (χ0v) is 16.7. The van der Waals surface area contributed by atoms with E-state index in [1.165, 1.54) is 41.3 Å². The standard InChI is InChI=1S/C18H24FN3O2S2/c1-13-5-4-8-22(10-13)18(25)26-12-17(24)21(2)11-16(23)20-15-7-3-6-14(19)9-15/h3,6-7,9,13H,4-5,8,10-12H2,1-2H3,(H,20,23)/t13-/m1/s1. The van der Waals surface area contributed by atoms with Crippen LogP contribution in [0.2, 0.25) is 0 Å². The van der Waals surface area contributed by atoms with Crippen LogP contribution in [0.3, 0.4) is 0 Å². The van der Waals surface area contributed by atoms with Gasteiger partial charge in [0.2, 0.25) is 11.8 Å². The van der Waals surface area contributed by atoms with Crippen molar-refractivity contribution >= 4 is 45.8 Å². The molecule has 1 aliphatic heterocycles. The molecule has 0 bridgehead atoms. The number of nitrogens with zero attached hydrogens (tertiary/aromatic N) is 2. The lowest BCUT2D eigenvalue weighted by Crippen LogP contribution is -2.39. The Morgan fingerprint density at radius 2 is 2.23 bits per heavy atom. The molecule has 1 saturated heterocycles. The number of piperidine rings is 1. The van der Waals surface area contributed by atoms with E-state index in [2.05, 4.69) is 17.1 Å². The number of hydrogen-bond donors (Lipinski definition) is 1. The molecular weight excluding hydrogens is 373 g/mol. The van der Waals surface area contributed by atoms with Crippen LogP contribution in [0.1, 0.15) is 19.8 Å². The van der Waals surface area contributed by atoms with Gasteiger partial charge in [-0.2, -0.15) is 0 Å². The molecule has 8 heteroatoms. The maximum Gasteiger partial charge on any atom is 0.243 e. The summed E-state index contributed by atoms with van der Waals surface area (Å²) in [6, 6.07) is 5.64. The van der Waals surface area contributed by atoms with Gasteiger partial charge in [-0.05, 0) is 37.0 Å². The third kappa shape index (κ3) is 6.57. The van der Waals surface area contributed by atoms with Gasteiger partial charge >= 0.3 is 0 Å². The van der Waals surface area contributed by atoms with Crippen LogP contribution in [0.15, 0.2) is 24.3 Å². The number of carbonyl (C=O) groups excluding carboxylic acids is 2. The molecule has 26 heavy (non-hydrogen) atoms. The van der Waals surface area contributed by atoms with Crippen molar-refractivity contribution in [2.24, 2.45) is 5.92 Å². The van der Waals surface area contributed by atoms with Gasteiger partial charge < -0.3 is 15.1 Å². The average Bonchev–Trinajstić information content (AvgIpc) is 2.59. The number of amides is 2. The molecule has 0 radical (unpaired) electrons. The fourth-order valence-corrected chi connectivity index (χ4v) is 3.91. The molecule has 1 fully saturated rings. The number of likely N-dealkylation sites (N-methyl/N-ethyl adjacent to an activating group) is 1. The van der Waals surface area contributed by atoms with Gasteiger partial charge in [-0.25, -0.2) is 4.39 Å². The Hall–Kier alpha value is -1.67. The second kappa shape index (κ2) is 9.87. The minimum absolute atomic E-state index is 0.0938. The Morgan fingerprint density at radius 1 is 1.46 bits per heavy atom. The van der Waals surface area contributed by atoms with Crippen LogP contribution in [0.25, 0.3) is 0 Å². The summed E-state index contributed by atoms with van der Waals surface area (Å²) in [5.41, 5.74) is 0.366. The van der Waals surface area contributed by atoms with Gasteiger partial charge in [0.15, 0.2) is 0 Å². The normalized spacial score (nSPS) is 16.9. The Bertz CT molecular complexity index is 672. The van der Waals surface area contributed by atoms with Crippen LogP contribution in [0, 0.1) is 11.7 Å². The molecule has 5 nitrogen and oxygen atoms in total. The molecule has 1 aliphatic rings. The Balaban J connectivity index is 1.74. The van der Waals surface area contributed by atoms with Gasteiger partial charge in [0.05, 0.1) is 12.3 Å². The van der Waals surface area contributed by atoms with Crippen molar-refractivity contribution in [3.8, 4) is 0 Å². The Morgan fingerprint density at radius 3 is 2.92 bits per heavy atom. The number of likely N-dealkylation sites (tertiary alicyclic amines) is 1. The summed E-state index contributed by atoms with van der Waals surface area (Å²) in [6.45, 7) is 3.99. The maximum absolute atomic E-state index is 13.1. The number of rotatable bonds is 5. The largest absolute Gasteiger partial charge is 0.357 e. The summed E-state index contributed by atoms with van der Waals surface area (Å²) in [6.07, 6.45) is 2.34. The highest BCUT2D eigenvalue weighted by atomic mass is 32.2. The van der Waals surface area contributed by atoms with Crippen molar-refractivity contribution in [2.75, 3.05) is 37.8 Å². The molecule has 1 atom stereocenters. The minimum atomic E-state index is -0.427. The summed E-state index contributed by atoms with van der Waals surface area (Å²) >= 11 is 6.76. The number of nitrogens with one attached hydrogen (secondary N) is 1. The average molecular weight is 398 g/mol. The van der Waals surface area contributed by atoms with E-state index in [1.807, 2.05) is 0 Å². The fourth-order valence-electron chi connectivity index (χ4n) is 2.75. The Labute approximate surface area is 163 Å². The first-order chi connectivity index (χ1) is 12.3. The smallest absolute Gasteiger partial charge is 0.243 e. The number of thioether (sulfide) groups is 1. The molecule has 2 rings (SSSR count). The molecular formula is C18H24FN3O2S2. The molecule has 1 N–H and O–H groups in total. The second-order valence-corrected chi connectivity index (χ2v) is 8.17. The lowest BCUT2D eigenvalue weighted by molar-refractivity contribution is -0.131. The SMILES string of the molecule is C[C@@H]1CCCN(C(=S)SCC(=O)N(C)CC(=O)Nc2cccc(F)c2)C1. The lowest BCUT2D eigenvalue weighted by Gasteiger charge is -2.32. The van der Waals surface area contributed by atoms with E-state index in [0.717, 1.165) is 23.8 Å². The first kappa shape index (κ1) is 20.6. The zero-order chi connectivity index (χ0) is 19.1. The van der Waals surface area contributed by atoms with Crippen LogP contribution < -0.4 is 5.32 Å². The van der Waals surface area contributed by atoms with Crippen LogP contribution >= 0.6 is 24.0 Å². The molecule has 0 saturated carbocycles. The molecule has 0 spiro atoms. The Kier molecular flexibility index (Phi) is 7.84. The van der Waals surface area contributed by atoms with Gasteiger partial charge in [-0.3, -0.25) is 9.59 Å². The molecule has 1 aromatic carbocycles. The van der Waals surface area contributed by atoms with Gasteiger partial charge in [0, 0.05) is 25.8 Å². The summed E-state index contributed by atoms with van der Waals surface area (Å²) in [7, 11) is 1.57. The van der Waals surface area contributed by atoms with Crippen LogP contribution in [0.4, 0.5) is 10.1 Å². The number of hydrogen-bond acceptors (Lipinski definition) is 4.